The molecule has 29 heavy (non-hydrogen) atoms. The molecule has 0 spiro atoms. The summed E-state index contributed by atoms with van der Waals surface area (Å²) in [7, 11) is 0. The second-order valence-electron chi connectivity index (χ2n) is 6.84. The Morgan fingerprint density at radius 1 is 0.966 bits per heavy atom. The van der Waals surface area contributed by atoms with Crippen molar-refractivity contribution in [3.05, 3.63) is 35.4 Å². The second kappa shape index (κ2) is 12.4. The Hall–Kier alpha value is -3.10. The highest BCUT2D eigenvalue weighted by Gasteiger charge is 2.16. The Bertz CT molecular complexity index is 703. The second-order valence-corrected chi connectivity index (χ2v) is 6.84. The Morgan fingerprint density at radius 2 is 1.62 bits per heavy atom. The van der Waals surface area contributed by atoms with E-state index in [2.05, 4.69) is 21.3 Å². The van der Waals surface area contributed by atoms with Crippen molar-refractivity contribution >= 4 is 23.8 Å². The third-order valence-corrected chi connectivity index (χ3v) is 3.72. The normalized spacial score (nSPS) is 11.3. The molecule has 0 aliphatic carbocycles. The fourth-order valence-corrected chi connectivity index (χ4v) is 2.22. The van der Waals surface area contributed by atoms with E-state index < -0.39 is 24.5 Å². The summed E-state index contributed by atoms with van der Waals surface area (Å²) in [6, 6.07) is 5.54. The van der Waals surface area contributed by atoms with Crippen LogP contribution < -0.4 is 21.3 Å². The lowest BCUT2D eigenvalue weighted by molar-refractivity contribution is -0.130. The monoisotopic (exact) mass is 406 g/mol. The van der Waals surface area contributed by atoms with Gasteiger partial charge in [-0.25, -0.2) is 9.59 Å². The first-order valence-electron chi connectivity index (χ1n) is 9.60. The van der Waals surface area contributed by atoms with Crippen LogP contribution in [0.3, 0.4) is 0 Å². The number of urea groups is 1. The molecule has 0 saturated heterocycles. The van der Waals surface area contributed by atoms with E-state index in [-0.39, 0.29) is 23.5 Å². The minimum atomic E-state index is -0.715. The van der Waals surface area contributed by atoms with Gasteiger partial charge in [-0.2, -0.15) is 0 Å². The number of hydrogen-bond acceptors (Lipinski definition) is 5. The SMILES string of the molecule is CCCNC(=O)[C@@H](C)NC(=O)COC(=O)c1ccc(CNC(=O)NC(C)C)cc1. The smallest absolute Gasteiger partial charge is 0.338 e. The van der Waals surface area contributed by atoms with E-state index in [4.69, 9.17) is 4.74 Å². The van der Waals surface area contributed by atoms with Gasteiger partial charge >= 0.3 is 12.0 Å². The molecule has 0 radical (unpaired) electrons. The summed E-state index contributed by atoms with van der Waals surface area (Å²) in [6.45, 7) is 7.57. The van der Waals surface area contributed by atoms with Gasteiger partial charge in [0.1, 0.15) is 6.04 Å². The Labute approximate surface area is 170 Å². The molecule has 0 fully saturated rings. The average Bonchev–Trinajstić information content (AvgIpc) is 2.68. The molecular weight excluding hydrogens is 376 g/mol. The van der Waals surface area contributed by atoms with Gasteiger partial charge in [-0.05, 0) is 44.9 Å². The van der Waals surface area contributed by atoms with Crippen LogP contribution in [0.15, 0.2) is 24.3 Å². The van der Waals surface area contributed by atoms with Crippen LogP contribution in [0.5, 0.6) is 0 Å². The van der Waals surface area contributed by atoms with Gasteiger partial charge in [-0.15, -0.1) is 0 Å². The minimum Gasteiger partial charge on any atom is -0.452 e. The van der Waals surface area contributed by atoms with Gasteiger partial charge < -0.3 is 26.0 Å². The van der Waals surface area contributed by atoms with Crippen LogP contribution in [0.25, 0.3) is 0 Å². The quantitative estimate of drug-likeness (QED) is 0.433. The Balaban J connectivity index is 2.41. The zero-order valence-corrected chi connectivity index (χ0v) is 17.3. The van der Waals surface area contributed by atoms with Gasteiger partial charge in [-0.3, -0.25) is 9.59 Å². The molecule has 9 nitrogen and oxygen atoms in total. The van der Waals surface area contributed by atoms with E-state index in [0.29, 0.717) is 13.1 Å². The van der Waals surface area contributed by atoms with Gasteiger partial charge in [0.05, 0.1) is 5.56 Å². The molecule has 0 aliphatic heterocycles. The van der Waals surface area contributed by atoms with E-state index in [0.717, 1.165) is 12.0 Å². The number of hydrogen-bond donors (Lipinski definition) is 4. The molecule has 0 saturated carbocycles. The molecule has 1 aromatic rings. The number of amides is 4. The first-order chi connectivity index (χ1) is 13.7. The summed E-state index contributed by atoms with van der Waals surface area (Å²) in [6.07, 6.45) is 0.796. The van der Waals surface area contributed by atoms with Crippen molar-refractivity contribution in [2.75, 3.05) is 13.2 Å². The first kappa shape index (κ1) is 23.9. The van der Waals surface area contributed by atoms with Crippen LogP contribution in [0, 0.1) is 0 Å². The lowest BCUT2D eigenvalue weighted by Crippen LogP contribution is -2.46. The third-order valence-electron chi connectivity index (χ3n) is 3.72. The summed E-state index contributed by atoms with van der Waals surface area (Å²) in [5.41, 5.74) is 1.09. The molecular formula is C20H30N4O5. The number of carbonyl (C=O) groups is 4. The topological polar surface area (TPSA) is 126 Å². The summed E-state index contributed by atoms with van der Waals surface area (Å²) < 4.78 is 4.97. The van der Waals surface area contributed by atoms with Crippen molar-refractivity contribution in [2.24, 2.45) is 0 Å². The Morgan fingerprint density at radius 3 is 2.21 bits per heavy atom. The van der Waals surface area contributed by atoms with Crippen molar-refractivity contribution in [1.82, 2.24) is 21.3 Å². The predicted octanol–water partition coefficient (Wildman–Crippen LogP) is 1.08. The molecule has 4 amide bonds. The van der Waals surface area contributed by atoms with E-state index in [1.54, 1.807) is 31.2 Å². The lowest BCUT2D eigenvalue weighted by atomic mass is 10.1. The zero-order chi connectivity index (χ0) is 21.8. The van der Waals surface area contributed by atoms with Crippen molar-refractivity contribution in [1.29, 1.82) is 0 Å². The molecule has 1 atom stereocenters. The van der Waals surface area contributed by atoms with Crippen molar-refractivity contribution in [3.8, 4) is 0 Å². The molecule has 4 N–H and O–H groups in total. The molecule has 0 aromatic heterocycles. The fourth-order valence-electron chi connectivity index (χ4n) is 2.22. The number of rotatable bonds is 10. The van der Waals surface area contributed by atoms with E-state index in [1.165, 1.54) is 0 Å². The van der Waals surface area contributed by atoms with Gasteiger partial charge in [0, 0.05) is 19.1 Å². The summed E-state index contributed by atoms with van der Waals surface area (Å²) in [5, 5.41) is 10.6. The number of carbonyl (C=O) groups excluding carboxylic acids is 4. The maximum atomic E-state index is 12.0. The van der Waals surface area contributed by atoms with Crippen molar-refractivity contribution in [3.63, 3.8) is 0 Å². The Kier molecular flexibility index (Phi) is 10.2. The van der Waals surface area contributed by atoms with E-state index in [1.807, 2.05) is 20.8 Å². The molecule has 1 rings (SSSR count). The van der Waals surface area contributed by atoms with Crippen molar-refractivity contribution in [2.45, 2.75) is 52.7 Å². The highest BCUT2D eigenvalue weighted by molar-refractivity contribution is 5.92. The van der Waals surface area contributed by atoms with Crippen LogP contribution >= 0.6 is 0 Å². The van der Waals surface area contributed by atoms with Crippen LogP contribution in [0.1, 0.15) is 50.0 Å². The van der Waals surface area contributed by atoms with E-state index in [9.17, 15) is 19.2 Å². The predicted molar refractivity (Wildman–Crippen MR) is 108 cm³/mol. The summed E-state index contributed by atoms with van der Waals surface area (Å²) in [4.78, 5) is 47.2. The van der Waals surface area contributed by atoms with Gasteiger partial charge in [0.15, 0.2) is 6.61 Å². The highest BCUT2D eigenvalue weighted by atomic mass is 16.5. The number of ether oxygens (including phenoxy) is 1. The molecule has 0 unspecified atom stereocenters. The first-order valence-corrected chi connectivity index (χ1v) is 9.60. The minimum absolute atomic E-state index is 0.0399. The highest BCUT2D eigenvalue weighted by Crippen LogP contribution is 2.06. The number of esters is 1. The summed E-state index contributed by atoms with van der Waals surface area (Å²) >= 11 is 0. The van der Waals surface area contributed by atoms with Gasteiger partial charge in [0.25, 0.3) is 5.91 Å². The zero-order valence-electron chi connectivity index (χ0n) is 17.3. The standard InChI is InChI=1S/C20H30N4O5/c1-5-10-21-18(26)14(4)24-17(25)12-29-19(27)16-8-6-15(7-9-16)11-22-20(28)23-13(2)3/h6-9,13-14H,5,10-12H2,1-4H3,(H,21,26)(H,24,25)(H2,22,23,28)/t14-/m1/s1. The van der Waals surface area contributed by atoms with Crippen LogP contribution in [-0.4, -0.2) is 49.1 Å². The maximum absolute atomic E-state index is 12.0. The average molecular weight is 406 g/mol. The molecule has 0 heterocycles. The molecule has 0 aliphatic rings. The fraction of sp³-hybridized carbons (Fsp3) is 0.500. The molecule has 0 bridgehead atoms. The van der Waals surface area contributed by atoms with Gasteiger partial charge in [-0.1, -0.05) is 19.1 Å². The lowest BCUT2D eigenvalue weighted by Gasteiger charge is -2.14. The van der Waals surface area contributed by atoms with Gasteiger partial charge in [0.2, 0.25) is 5.91 Å². The number of benzene rings is 1. The maximum Gasteiger partial charge on any atom is 0.338 e. The van der Waals surface area contributed by atoms with Crippen LogP contribution in [-0.2, 0) is 20.9 Å². The summed E-state index contributed by atoms with van der Waals surface area (Å²) in [5.74, 6) is -1.51. The largest absolute Gasteiger partial charge is 0.452 e. The molecule has 9 heteroatoms. The van der Waals surface area contributed by atoms with Crippen molar-refractivity contribution < 1.29 is 23.9 Å². The molecule has 1 aromatic carbocycles. The van der Waals surface area contributed by atoms with Crippen LogP contribution in [0.2, 0.25) is 0 Å². The molecule has 160 valence electrons. The third kappa shape index (κ3) is 9.59. The number of nitrogens with one attached hydrogen (secondary N) is 4. The van der Waals surface area contributed by atoms with Crippen LogP contribution in [0.4, 0.5) is 4.79 Å². The van der Waals surface area contributed by atoms with E-state index >= 15 is 0 Å².